The van der Waals surface area contributed by atoms with E-state index in [1.807, 2.05) is 6.07 Å². The molecule has 1 aliphatic heterocycles. The summed E-state index contributed by atoms with van der Waals surface area (Å²) in [6.07, 6.45) is 1.48. The Hall–Kier alpha value is -2.97. The first-order valence-electron chi connectivity index (χ1n) is 6.74. The fraction of sp³-hybridized carbons (Fsp3) is 0.0588. The van der Waals surface area contributed by atoms with Crippen LogP contribution < -0.4 is 14.8 Å². The maximum Gasteiger partial charge on any atom is 0.266 e. The summed E-state index contributed by atoms with van der Waals surface area (Å²) in [6.45, 7) is 0.158. The average molecular weight is 327 g/mol. The van der Waals surface area contributed by atoms with Gasteiger partial charge in [-0.3, -0.25) is 4.79 Å². The van der Waals surface area contributed by atoms with Crippen LogP contribution in [-0.2, 0) is 4.79 Å². The summed E-state index contributed by atoms with van der Waals surface area (Å²) < 4.78 is 10.5. The summed E-state index contributed by atoms with van der Waals surface area (Å²) in [5.41, 5.74) is 1.17. The standard InChI is InChI=1S/C17H11ClN2O3/c18-13-3-1-2-11(7-13)6-12(9-19)17(21)20-14-4-5-15-16(8-14)23-10-22-15/h1-8H,10H2,(H,20,21)/b12-6+. The van der Waals surface area contributed by atoms with E-state index in [-0.39, 0.29) is 12.4 Å². The van der Waals surface area contributed by atoms with E-state index < -0.39 is 5.91 Å². The number of ether oxygens (including phenoxy) is 2. The SMILES string of the molecule is N#C/C(=C\c1cccc(Cl)c1)C(=O)Nc1ccc2c(c1)OCO2. The van der Waals surface area contributed by atoms with Crippen molar-refractivity contribution < 1.29 is 14.3 Å². The molecule has 3 rings (SSSR count). The Morgan fingerprint density at radius 2 is 2.04 bits per heavy atom. The van der Waals surface area contributed by atoms with Crippen molar-refractivity contribution in [3.05, 3.63) is 58.6 Å². The van der Waals surface area contributed by atoms with Gasteiger partial charge in [-0.2, -0.15) is 5.26 Å². The third-order valence-corrected chi connectivity index (χ3v) is 3.39. The fourth-order valence-corrected chi connectivity index (χ4v) is 2.28. The third-order valence-electron chi connectivity index (χ3n) is 3.16. The van der Waals surface area contributed by atoms with Crippen LogP contribution in [0.15, 0.2) is 48.0 Å². The van der Waals surface area contributed by atoms with Crippen molar-refractivity contribution in [1.82, 2.24) is 0 Å². The summed E-state index contributed by atoms with van der Waals surface area (Å²) in [5.74, 6) is 0.671. The Labute approximate surface area is 137 Å². The van der Waals surface area contributed by atoms with Crippen molar-refractivity contribution >= 4 is 29.3 Å². The Morgan fingerprint density at radius 1 is 1.22 bits per heavy atom. The van der Waals surface area contributed by atoms with Gasteiger partial charge in [-0.1, -0.05) is 23.7 Å². The number of carbonyl (C=O) groups excluding carboxylic acids is 1. The fourth-order valence-electron chi connectivity index (χ4n) is 2.08. The van der Waals surface area contributed by atoms with Crippen molar-refractivity contribution in [2.45, 2.75) is 0 Å². The minimum atomic E-state index is -0.508. The van der Waals surface area contributed by atoms with Crippen LogP contribution in [0.4, 0.5) is 5.69 Å². The molecule has 0 radical (unpaired) electrons. The zero-order valence-corrected chi connectivity index (χ0v) is 12.6. The van der Waals surface area contributed by atoms with E-state index in [9.17, 15) is 10.1 Å². The molecule has 114 valence electrons. The quantitative estimate of drug-likeness (QED) is 0.691. The smallest absolute Gasteiger partial charge is 0.266 e. The highest BCUT2D eigenvalue weighted by atomic mass is 35.5. The number of nitrogens with one attached hydrogen (secondary N) is 1. The molecule has 1 amide bonds. The molecule has 0 fully saturated rings. The Kier molecular flexibility index (Phi) is 4.18. The van der Waals surface area contributed by atoms with Crippen molar-refractivity contribution in [3.63, 3.8) is 0 Å². The zero-order chi connectivity index (χ0) is 16.2. The molecule has 0 spiro atoms. The van der Waals surface area contributed by atoms with Crippen molar-refractivity contribution in [3.8, 4) is 17.6 Å². The highest BCUT2D eigenvalue weighted by molar-refractivity contribution is 6.30. The molecule has 0 saturated carbocycles. The van der Waals surface area contributed by atoms with E-state index >= 15 is 0 Å². The van der Waals surface area contributed by atoms with Gasteiger partial charge in [0.2, 0.25) is 6.79 Å². The number of amides is 1. The molecule has 0 saturated heterocycles. The molecule has 2 aromatic carbocycles. The summed E-state index contributed by atoms with van der Waals surface area (Å²) in [5, 5.41) is 12.4. The molecule has 23 heavy (non-hydrogen) atoms. The lowest BCUT2D eigenvalue weighted by Crippen LogP contribution is -2.13. The van der Waals surface area contributed by atoms with Gasteiger partial charge in [0.1, 0.15) is 11.6 Å². The third kappa shape index (κ3) is 3.44. The largest absolute Gasteiger partial charge is 0.454 e. The number of halogens is 1. The van der Waals surface area contributed by atoms with E-state index in [1.165, 1.54) is 6.08 Å². The van der Waals surface area contributed by atoms with E-state index in [0.717, 1.165) is 0 Å². The Bertz CT molecular complexity index is 840. The zero-order valence-electron chi connectivity index (χ0n) is 11.9. The van der Waals surface area contributed by atoms with Gasteiger partial charge in [-0.15, -0.1) is 0 Å². The van der Waals surface area contributed by atoms with Gasteiger partial charge in [0.25, 0.3) is 5.91 Å². The number of fused-ring (bicyclic) bond motifs is 1. The Morgan fingerprint density at radius 3 is 2.83 bits per heavy atom. The van der Waals surface area contributed by atoms with Gasteiger partial charge in [0.15, 0.2) is 11.5 Å². The minimum Gasteiger partial charge on any atom is -0.454 e. The number of benzene rings is 2. The summed E-state index contributed by atoms with van der Waals surface area (Å²) in [7, 11) is 0. The van der Waals surface area contributed by atoms with Crippen LogP contribution in [0.5, 0.6) is 11.5 Å². The Balaban J connectivity index is 1.79. The summed E-state index contributed by atoms with van der Waals surface area (Å²) >= 11 is 5.90. The summed E-state index contributed by atoms with van der Waals surface area (Å²) in [6, 6.07) is 13.8. The molecule has 0 aromatic heterocycles. The van der Waals surface area contributed by atoms with Gasteiger partial charge >= 0.3 is 0 Å². The van der Waals surface area contributed by atoms with Crippen LogP contribution in [0, 0.1) is 11.3 Å². The van der Waals surface area contributed by atoms with Gasteiger partial charge in [-0.25, -0.2) is 0 Å². The van der Waals surface area contributed by atoms with E-state index in [4.69, 9.17) is 21.1 Å². The van der Waals surface area contributed by atoms with E-state index in [2.05, 4.69) is 5.32 Å². The summed E-state index contributed by atoms with van der Waals surface area (Å²) in [4.78, 5) is 12.2. The normalized spacial score (nSPS) is 12.6. The second-order valence-corrected chi connectivity index (χ2v) is 5.18. The van der Waals surface area contributed by atoms with E-state index in [1.54, 1.807) is 42.5 Å². The molecule has 2 aromatic rings. The van der Waals surface area contributed by atoms with Crippen LogP contribution in [-0.4, -0.2) is 12.7 Å². The number of nitriles is 1. The van der Waals surface area contributed by atoms with Gasteiger partial charge in [0, 0.05) is 16.8 Å². The predicted molar refractivity (Wildman–Crippen MR) is 86.2 cm³/mol. The monoisotopic (exact) mass is 326 g/mol. The van der Waals surface area contributed by atoms with Crippen molar-refractivity contribution in [2.75, 3.05) is 12.1 Å². The lowest BCUT2D eigenvalue weighted by atomic mass is 10.1. The topological polar surface area (TPSA) is 71.4 Å². The number of hydrogen-bond donors (Lipinski definition) is 1. The molecular weight excluding hydrogens is 316 g/mol. The second kappa shape index (κ2) is 6.42. The molecule has 0 atom stereocenters. The molecule has 0 aliphatic carbocycles. The maximum atomic E-state index is 12.2. The van der Waals surface area contributed by atoms with Crippen LogP contribution in [0.3, 0.4) is 0 Å². The van der Waals surface area contributed by atoms with Crippen molar-refractivity contribution in [2.24, 2.45) is 0 Å². The van der Waals surface area contributed by atoms with Crippen LogP contribution in [0.1, 0.15) is 5.56 Å². The number of carbonyl (C=O) groups is 1. The minimum absolute atomic E-state index is 0.0232. The molecular formula is C17H11ClN2O3. The highest BCUT2D eigenvalue weighted by Gasteiger charge is 2.15. The van der Waals surface area contributed by atoms with Gasteiger partial charge < -0.3 is 14.8 Å². The first-order chi connectivity index (χ1) is 11.2. The first kappa shape index (κ1) is 14.9. The predicted octanol–water partition coefficient (Wildman–Crippen LogP) is 3.61. The van der Waals surface area contributed by atoms with Crippen LogP contribution in [0.25, 0.3) is 6.08 Å². The molecule has 1 aliphatic rings. The van der Waals surface area contributed by atoms with E-state index in [0.29, 0.717) is 27.8 Å². The number of nitrogens with zero attached hydrogens (tertiary/aromatic N) is 1. The number of rotatable bonds is 3. The maximum absolute atomic E-state index is 12.2. The lowest BCUT2D eigenvalue weighted by Gasteiger charge is -2.05. The van der Waals surface area contributed by atoms with Crippen LogP contribution in [0.2, 0.25) is 5.02 Å². The molecule has 1 heterocycles. The number of hydrogen-bond acceptors (Lipinski definition) is 4. The highest BCUT2D eigenvalue weighted by Crippen LogP contribution is 2.34. The van der Waals surface area contributed by atoms with Crippen LogP contribution >= 0.6 is 11.6 Å². The van der Waals surface area contributed by atoms with Gasteiger partial charge in [0.05, 0.1) is 0 Å². The molecule has 6 heteroatoms. The molecule has 0 bridgehead atoms. The molecule has 1 N–H and O–H groups in total. The second-order valence-electron chi connectivity index (χ2n) is 4.75. The first-order valence-corrected chi connectivity index (χ1v) is 7.12. The average Bonchev–Trinajstić information content (AvgIpc) is 3.00. The van der Waals surface area contributed by atoms with Crippen molar-refractivity contribution in [1.29, 1.82) is 5.26 Å². The lowest BCUT2D eigenvalue weighted by molar-refractivity contribution is -0.112. The molecule has 5 nitrogen and oxygen atoms in total. The number of anilines is 1. The van der Waals surface area contributed by atoms with Gasteiger partial charge in [-0.05, 0) is 35.9 Å². The molecule has 0 unspecified atom stereocenters.